The first-order valence-corrected chi connectivity index (χ1v) is 11.5. The molecule has 0 bridgehead atoms. The second-order valence-corrected chi connectivity index (χ2v) is 8.16. The van der Waals surface area contributed by atoms with E-state index in [9.17, 15) is 19.5 Å². The molecular formula is C23H35NO6S. The third kappa shape index (κ3) is 18.3. The fraction of sp³-hybridized carbons (Fsp3) is 0.522. The molecule has 0 amide bonds. The highest BCUT2D eigenvalue weighted by Gasteiger charge is 2.20. The maximum absolute atomic E-state index is 10.9. The van der Waals surface area contributed by atoms with Gasteiger partial charge in [0.1, 0.15) is 12.3 Å². The zero-order valence-corrected chi connectivity index (χ0v) is 18.7. The van der Waals surface area contributed by atoms with Crippen LogP contribution in [0.3, 0.4) is 0 Å². The minimum absolute atomic E-state index is 0.0231. The fourth-order valence-electron chi connectivity index (χ4n) is 2.45. The molecule has 0 spiro atoms. The van der Waals surface area contributed by atoms with Gasteiger partial charge in [-0.1, -0.05) is 48.6 Å². The van der Waals surface area contributed by atoms with Crippen LogP contribution in [0.1, 0.15) is 51.4 Å². The minimum atomic E-state index is -1.10. The number of carboxylic acid groups (broad SMARTS) is 2. The maximum Gasteiger partial charge on any atom is 0.321 e. The quantitative estimate of drug-likeness (QED) is 0.101. The largest absolute Gasteiger partial charge is 0.481 e. The molecular weight excluding hydrogens is 418 g/mol. The molecule has 7 nitrogen and oxygen atoms in total. The predicted octanol–water partition coefficient (Wildman–Crippen LogP) is 3.49. The second kappa shape index (κ2) is 19.8. The lowest BCUT2D eigenvalue weighted by Gasteiger charge is -2.20. The number of carbonyl (C=O) groups excluding carboxylic acids is 1. The molecule has 8 heteroatoms. The van der Waals surface area contributed by atoms with Crippen molar-refractivity contribution in [2.75, 3.05) is 5.75 Å². The molecule has 0 unspecified atom stereocenters. The van der Waals surface area contributed by atoms with E-state index in [0.29, 0.717) is 19.3 Å². The Morgan fingerprint density at radius 3 is 2.32 bits per heavy atom. The van der Waals surface area contributed by atoms with Crippen molar-refractivity contribution >= 4 is 30.0 Å². The summed E-state index contributed by atoms with van der Waals surface area (Å²) in [5.74, 6) is -1.87. The summed E-state index contributed by atoms with van der Waals surface area (Å²) in [4.78, 5) is 31.7. The van der Waals surface area contributed by atoms with E-state index >= 15 is 0 Å². The summed E-state index contributed by atoms with van der Waals surface area (Å²) < 4.78 is 0. The summed E-state index contributed by atoms with van der Waals surface area (Å²) in [6.07, 6.45) is 20.4. The monoisotopic (exact) mass is 453 g/mol. The van der Waals surface area contributed by atoms with Crippen LogP contribution in [-0.2, 0) is 14.4 Å². The summed E-state index contributed by atoms with van der Waals surface area (Å²) in [6.45, 7) is 0. The number of unbranched alkanes of at least 4 members (excludes halogenated alkanes) is 3. The third-order valence-corrected chi connectivity index (χ3v) is 5.61. The smallest absolute Gasteiger partial charge is 0.321 e. The highest BCUT2D eigenvalue weighted by Crippen LogP contribution is 2.21. The number of aliphatic hydroxyl groups excluding tert-OH is 1. The van der Waals surface area contributed by atoms with E-state index in [4.69, 9.17) is 15.9 Å². The molecule has 0 fully saturated rings. The van der Waals surface area contributed by atoms with Crippen LogP contribution in [-0.4, -0.2) is 56.7 Å². The van der Waals surface area contributed by atoms with Crippen molar-refractivity contribution in [1.29, 1.82) is 0 Å². The first-order chi connectivity index (χ1) is 14.9. The molecule has 0 aromatic carbocycles. The Morgan fingerprint density at radius 2 is 1.65 bits per heavy atom. The topological polar surface area (TPSA) is 138 Å². The summed E-state index contributed by atoms with van der Waals surface area (Å²) in [6, 6.07) is -1.02. The van der Waals surface area contributed by atoms with Crippen molar-refractivity contribution in [3.8, 4) is 0 Å². The highest BCUT2D eigenvalue weighted by atomic mass is 32.2. The van der Waals surface area contributed by atoms with Crippen LogP contribution in [0.5, 0.6) is 0 Å². The number of aldehydes is 1. The van der Waals surface area contributed by atoms with E-state index in [-0.39, 0.29) is 17.4 Å². The lowest BCUT2D eigenvalue weighted by Crippen LogP contribution is -2.34. The van der Waals surface area contributed by atoms with Gasteiger partial charge in [0.15, 0.2) is 0 Å². The average Bonchev–Trinajstić information content (AvgIpc) is 2.72. The maximum atomic E-state index is 10.9. The second-order valence-electron chi connectivity index (χ2n) is 6.95. The minimum Gasteiger partial charge on any atom is -0.481 e. The average molecular weight is 454 g/mol. The SMILES string of the molecule is N[C@H](CS[C@H](/C=C/C=C/C=C\C/C=C\CCCCC=O)[C@@H](O)CCCC(=O)O)C(=O)O. The van der Waals surface area contributed by atoms with Gasteiger partial charge in [0, 0.05) is 23.8 Å². The van der Waals surface area contributed by atoms with Crippen molar-refractivity contribution in [1.82, 2.24) is 0 Å². The molecule has 0 aliphatic heterocycles. The molecule has 0 saturated carbocycles. The molecule has 0 aromatic rings. The van der Waals surface area contributed by atoms with E-state index in [2.05, 4.69) is 12.2 Å². The van der Waals surface area contributed by atoms with Gasteiger partial charge < -0.3 is 25.8 Å². The Balaban J connectivity index is 4.47. The first-order valence-electron chi connectivity index (χ1n) is 10.5. The Kier molecular flexibility index (Phi) is 18.4. The number of carbonyl (C=O) groups is 3. The van der Waals surface area contributed by atoms with Crippen LogP contribution in [0, 0.1) is 0 Å². The summed E-state index contributed by atoms with van der Waals surface area (Å²) in [7, 11) is 0. The van der Waals surface area contributed by atoms with Crippen LogP contribution in [0.4, 0.5) is 0 Å². The van der Waals surface area contributed by atoms with Crippen molar-refractivity contribution in [3.63, 3.8) is 0 Å². The molecule has 0 aliphatic carbocycles. The standard InChI is InChI=1S/C23H35NO6S/c24-19(23(29)30)18-31-21(20(26)14-13-16-22(27)28)15-11-9-7-5-3-1-2-4-6-8-10-12-17-25/h2-5,7,9,11,15,17,19-21,26H,1,6,8,10,12-14,16,18,24H2,(H,27,28)(H,29,30)/b4-2-,5-3-,9-7+,15-11+/t19-,20+,21-/m1/s1. The van der Waals surface area contributed by atoms with E-state index in [0.717, 1.165) is 32.0 Å². The zero-order valence-electron chi connectivity index (χ0n) is 17.8. The van der Waals surface area contributed by atoms with Gasteiger partial charge >= 0.3 is 11.9 Å². The number of hydrogen-bond acceptors (Lipinski definition) is 6. The van der Waals surface area contributed by atoms with Gasteiger partial charge in [0.05, 0.1) is 6.10 Å². The molecule has 0 radical (unpaired) electrons. The summed E-state index contributed by atoms with van der Waals surface area (Å²) >= 11 is 1.24. The van der Waals surface area contributed by atoms with Crippen LogP contribution in [0.15, 0.2) is 48.6 Å². The number of carboxylic acids is 2. The molecule has 0 aliphatic rings. The van der Waals surface area contributed by atoms with Crippen LogP contribution >= 0.6 is 11.8 Å². The Labute approximate surface area is 188 Å². The molecule has 0 rings (SSSR count). The van der Waals surface area contributed by atoms with Gasteiger partial charge in [-0.15, -0.1) is 11.8 Å². The van der Waals surface area contributed by atoms with E-state index in [1.165, 1.54) is 11.8 Å². The number of allylic oxidation sites excluding steroid dienone is 7. The van der Waals surface area contributed by atoms with E-state index < -0.39 is 24.1 Å². The molecule has 174 valence electrons. The summed E-state index contributed by atoms with van der Waals surface area (Å²) in [5, 5.41) is 27.6. The molecule has 3 atom stereocenters. The van der Waals surface area contributed by atoms with Gasteiger partial charge in [-0.2, -0.15) is 0 Å². The number of aliphatic carboxylic acids is 2. The number of rotatable bonds is 19. The molecule has 31 heavy (non-hydrogen) atoms. The Morgan fingerprint density at radius 1 is 0.935 bits per heavy atom. The number of hydrogen-bond donors (Lipinski definition) is 4. The molecule has 5 N–H and O–H groups in total. The summed E-state index contributed by atoms with van der Waals surface area (Å²) in [5.41, 5.74) is 5.53. The number of thioether (sulfide) groups is 1. The lowest BCUT2D eigenvalue weighted by atomic mass is 10.1. The van der Waals surface area contributed by atoms with Crippen molar-refractivity contribution in [3.05, 3.63) is 48.6 Å². The number of nitrogens with two attached hydrogens (primary N) is 1. The Hall–Kier alpha value is -2.16. The van der Waals surface area contributed by atoms with Crippen LogP contribution < -0.4 is 5.73 Å². The molecule has 0 saturated heterocycles. The van der Waals surface area contributed by atoms with Crippen LogP contribution in [0.2, 0.25) is 0 Å². The zero-order chi connectivity index (χ0) is 23.3. The highest BCUT2D eigenvalue weighted by molar-refractivity contribution is 8.00. The van der Waals surface area contributed by atoms with Gasteiger partial charge in [-0.25, -0.2) is 0 Å². The van der Waals surface area contributed by atoms with Crippen molar-refractivity contribution in [2.45, 2.75) is 68.8 Å². The van der Waals surface area contributed by atoms with Gasteiger partial charge in [-0.3, -0.25) is 9.59 Å². The third-order valence-electron chi connectivity index (χ3n) is 4.21. The van der Waals surface area contributed by atoms with Crippen molar-refractivity contribution in [2.24, 2.45) is 5.73 Å². The van der Waals surface area contributed by atoms with E-state index in [1.807, 2.05) is 24.3 Å². The van der Waals surface area contributed by atoms with Gasteiger partial charge in [0.2, 0.25) is 0 Å². The predicted molar refractivity (Wildman–Crippen MR) is 125 cm³/mol. The normalized spacial score (nSPS) is 15.2. The van der Waals surface area contributed by atoms with Crippen LogP contribution in [0.25, 0.3) is 0 Å². The van der Waals surface area contributed by atoms with Gasteiger partial charge in [0.25, 0.3) is 0 Å². The van der Waals surface area contributed by atoms with Gasteiger partial charge in [-0.05, 0) is 38.5 Å². The lowest BCUT2D eigenvalue weighted by molar-refractivity contribution is -0.138. The fourth-order valence-corrected chi connectivity index (χ4v) is 3.58. The number of aliphatic hydroxyl groups is 1. The van der Waals surface area contributed by atoms with E-state index in [1.54, 1.807) is 12.2 Å². The Bertz CT molecular complexity index is 630. The first kappa shape index (κ1) is 28.8. The molecule has 0 aromatic heterocycles. The van der Waals surface area contributed by atoms with Crippen molar-refractivity contribution < 1.29 is 29.7 Å². The molecule has 0 heterocycles.